The number of aromatic nitrogens is 1. The van der Waals surface area contributed by atoms with E-state index in [1.54, 1.807) is 24.1 Å². The lowest BCUT2D eigenvalue weighted by molar-refractivity contribution is -0.138. The van der Waals surface area contributed by atoms with Gasteiger partial charge in [-0.3, -0.25) is 9.59 Å². The molecule has 2 heterocycles. The Hall–Kier alpha value is -2.80. The Bertz CT molecular complexity index is 869. The van der Waals surface area contributed by atoms with Crippen LogP contribution in [0.1, 0.15) is 34.1 Å². The highest BCUT2D eigenvalue weighted by Gasteiger charge is 2.34. The molecule has 2 aromatic rings. The highest BCUT2D eigenvalue weighted by molar-refractivity contribution is 6.30. The van der Waals surface area contributed by atoms with Gasteiger partial charge in [-0.1, -0.05) is 11.6 Å². The number of pyridine rings is 1. The predicted molar refractivity (Wildman–Crippen MR) is 98.5 cm³/mol. The molecule has 0 spiro atoms. The average molecular weight is 391 g/mol. The Kier molecular flexibility index (Phi) is 5.51. The topological polar surface area (TPSA) is 89.0 Å². The van der Waals surface area contributed by atoms with Gasteiger partial charge in [-0.15, -0.1) is 0 Å². The highest BCUT2D eigenvalue weighted by atomic mass is 35.5. The number of methoxy groups -OCH3 is 2. The van der Waals surface area contributed by atoms with Crippen LogP contribution in [0.3, 0.4) is 0 Å². The molecule has 8 heteroatoms. The molecule has 1 unspecified atom stereocenters. The molecule has 1 aromatic carbocycles. The third kappa shape index (κ3) is 3.83. The molecule has 1 aliphatic rings. The minimum atomic E-state index is -0.996. The molecule has 0 saturated carbocycles. The van der Waals surface area contributed by atoms with Gasteiger partial charge in [-0.2, -0.15) is 0 Å². The normalized spacial score (nSPS) is 15.8. The molecular weight excluding hydrogens is 372 g/mol. The van der Waals surface area contributed by atoms with Crippen LogP contribution in [-0.4, -0.2) is 47.6 Å². The molecule has 1 aliphatic heterocycles. The van der Waals surface area contributed by atoms with Gasteiger partial charge < -0.3 is 19.5 Å². The van der Waals surface area contributed by atoms with Gasteiger partial charge in [0.2, 0.25) is 0 Å². The van der Waals surface area contributed by atoms with Crippen molar-refractivity contribution in [3.05, 3.63) is 52.3 Å². The smallest absolute Gasteiger partial charge is 0.305 e. The van der Waals surface area contributed by atoms with Crippen LogP contribution in [-0.2, 0) is 11.2 Å². The summed E-state index contributed by atoms with van der Waals surface area (Å²) in [6.07, 6.45) is 1.75. The number of carbonyl (C=O) groups is 2. The average Bonchev–Trinajstić information content (AvgIpc) is 2.66. The quantitative estimate of drug-likeness (QED) is 0.844. The molecule has 142 valence electrons. The Labute approximate surface area is 161 Å². The van der Waals surface area contributed by atoms with Crippen molar-refractivity contribution in [1.82, 2.24) is 9.88 Å². The number of hydrogen-bond acceptors (Lipinski definition) is 5. The number of amides is 1. The third-order valence-corrected chi connectivity index (χ3v) is 4.80. The summed E-state index contributed by atoms with van der Waals surface area (Å²) < 4.78 is 10.7. The van der Waals surface area contributed by atoms with Crippen molar-refractivity contribution in [2.24, 2.45) is 0 Å². The number of fused-ring (bicyclic) bond motifs is 1. The minimum absolute atomic E-state index is 0.220. The van der Waals surface area contributed by atoms with Crippen molar-refractivity contribution in [3.8, 4) is 11.5 Å². The van der Waals surface area contributed by atoms with Gasteiger partial charge in [0.25, 0.3) is 5.91 Å². The van der Waals surface area contributed by atoms with Crippen molar-refractivity contribution in [2.45, 2.75) is 18.9 Å². The van der Waals surface area contributed by atoms with E-state index in [1.807, 2.05) is 6.07 Å². The minimum Gasteiger partial charge on any atom is -0.493 e. The second-order valence-corrected chi connectivity index (χ2v) is 6.57. The molecule has 1 aromatic heterocycles. The summed E-state index contributed by atoms with van der Waals surface area (Å²) in [5.74, 6) is -0.266. The maximum Gasteiger partial charge on any atom is 0.305 e. The zero-order valence-corrected chi connectivity index (χ0v) is 15.7. The van der Waals surface area contributed by atoms with Crippen LogP contribution in [0.25, 0.3) is 0 Å². The SMILES string of the molecule is COc1cc2c(cc1OC)C(CC(=O)O)N(C(=O)c1ccc(Cl)cn1)CC2. The summed E-state index contributed by atoms with van der Waals surface area (Å²) in [5.41, 5.74) is 1.90. The van der Waals surface area contributed by atoms with Gasteiger partial charge >= 0.3 is 5.97 Å². The highest BCUT2D eigenvalue weighted by Crippen LogP contribution is 2.39. The van der Waals surface area contributed by atoms with Crippen molar-refractivity contribution in [2.75, 3.05) is 20.8 Å². The largest absolute Gasteiger partial charge is 0.493 e. The first-order valence-corrected chi connectivity index (χ1v) is 8.71. The van der Waals surface area contributed by atoms with E-state index in [9.17, 15) is 14.7 Å². The number of carbonyl (C=O) groups excluding carboxylic acids is 1. The zero-order valence-electron chi connectivity index (χ0n) is 14.9. The van der Waals surface area contributed by atoms with Crippen LogP contribution in [0.2, 0.25) is 5.02 Å². The monoisotopic (exact) mass is 390 g/mol. The van der Waals surface area contributed by atoms with E-state index in [0.29, 0.717) is 29.5 Å². The van der Waals surface area contributed by atoms with Crippen molar-refractivity contribution in [3.63, 3.8) is 0 Å². The molecule has 0 fully saturated rings. The molecule has 7 nitrogen and oxygen atoms in total. The van der Waals surface area contributed by atoms with Gasteiger partial charge in [0, 0.05) is 12.7 Å². The summed E-state index contributed by atoms with van der Waals surface area (Å²) >= 11 is 5.84. The third-order valence-electron chi connectivity index (χ3n) is 4.58. The number of benzene rings is 1. The van der Waals surface area contributed by atoms with Crippen LogP contribution in [0, 0.1) is 0 Å². The summed E-state index contributed by atoms with van der Waals surface area (Å²) in [5, 5.41) is 9.82. The molecular formula is C19H19ClN2O5. The summed E-state index contributed by atoms with van der Waals surface area (Å²) in [6, 6.07) is 6.07. The van der Waals surface area contributed by atoms with Crippen LogP contribution in [0.5, 0.6) is 11.5 Å². The standard InChI is InChI=1S/C19H19ClN2O5/c1-26-16-7-11-5-6-22(19(25)14-4-3-12(20)10-21-14)15(9-18(23)24)13(11)8-17(16)27-2/h3-4,7-8,10,15H,5-6,9H2,1-2H3,(H,23,24). The van der Waals surface area contributed by atoms with Gasteiger partial charge in [0.05, 0.1) is 31.7 Å². The number of halogens is 1. The van der Waals surface area contributed by atoms with E-state index in [-0.39, 0.29) is 18.0 Å². The van der Waals surface area contributed by atoms with Gasteiger partial charge in [-0.05, 0) is 41.8 Å². The Morgan fingerprint density at radius 3 is 2.56 bits per heavy atom. The number of nitrogens with zero attached hydrogens (tertiary/aromatic N) is 2. The van der Waals surface area contributed by atoms with E-state index in [4.69, 9.17) is 21.1 Å². The number of rotatable bonds is 5. The maximum absolute atomic E-state index is 13.0. The molecule has 0 aliphatic carbocycles. The lowest BCUT2D eigenvalue weighted by Gasteiger charge is -2.37. The number of ether oxygens (including phenoxy) is 2. The van der Waals surface area contributed by atoms with Gasteiger partial charge in [0.15, 0.2) is 11.5 Å². The van der Waals surface area contributed by atoms with E-state index in [2.05, 4.69) is 4.98 Å². The number of carboxylic acids is 1. The molecule has 1 N–H and O–H groups in total. The fourth-order valence-corrected chi connectivity index (χ4v) is 3.42. The van der Waals surface area contributed by atoms with Crippen LogP contribution >= 0.6 is 11.6 Å². The molecule has 0 radical (unpaired) electrons. The Balaban J connectivity index is 2.02. The lowest BCUT2D eigenvalue weighted by Crippen LogP contribution is -2.41. The van der Waals surface area contributed by atoms with Crippen LogP contribution < -0.4 is 9.47 Å². The fourth-order valence-electron chi connectivity index (χ4n) is 3.31. The first-order chi connectivity index (χ1) is 12.9. The van der Waals surface area contributed by atoms with E-state index in [0.717, 1.165) is 11.1 Å². The van der Waals surface area contributed by atoms with Crippen LogP contribution in [0.4, 0.5) is 0 Å². The first-order valence-electron chi connectivity index (χ1n) is 8.33. The second kappa shape index (κ2) is 7.84. The fraction of sp³-hybridized carbons (Fsp3) is 0.316. The molecule has 0 saturated heterocycles. The second-order valence-electron chi connectivity index (χ2n) is 6.13. The Morgan fingerprint density at radius 1 is 1.26 bits per heavy atom. The Morgan fingerprint density at radius 2 is 1.96 bits per heavy atom. The number of aliphatic carboxylic acids is 1. The molecule has 27 heavy (non-hydrogen) atoms. The summed E-state index contributed by atoms with van der Waals surface area (Å²) in [7, 11) is 3.06. The molecule has 1 amide bonds. The van der Waals surface area contributed by atoms with E-state index < -0.39 is 12.0 Å². The predicted octanol–water partition coefficient (Wildman–Crippen LogP) is 2.97. The lowest BCUT2D eigenvalue weighted by atomic mass is 9.89. The van der Waals surface area contributed by atoms with E-state index in [1.165, 1.54) is 19.4 Å². The molecule has 0 bridgehead atoms. The van der Waals surface area contributed by atoms with E-state index >= 15 is 0 Å². The number of hydrogen-bond donors (Lipinski definition) is 1. The summed E-state index contributed by atoms with van der Waals surface area (Å²) in [4.78, 5) is 30.0. The molecule has 1 atom stereocenters. The number of carboxylic acid groups (broad SMARTS) is 1. The van der Waals surface area contributed by atoms with Crippen molar-refractivity contribution in [1.29, 1.82) is 0 Å². The first kappa shape index (κ1) is 19.0. The van der Waals surface area contributed by atoms with Gasteiger partial charge in [0.1, 0.15) is 5.69 Å². The summed E-state index contributed by atoms with van der Waals surface area (Å²) in [6.45, 7) is 0.379. The van der Waals surface area contributed by atoms with Gasteiger partial charge in [-0.25, -0.2) is 4.98 Å². The zero-order chi connectivity index (χ0) is 19.6. The van der Waals surface area contributed by atoms with Crippen molar-refractivity contribution >= 4 is 23.5 Å². The maximum atomic E-state index is 13.0. The molecule has 3 rings (SSSR count). The van der Waals surface area contributed by atoms with Crippen LogP contribution in [0.15, 0.2) is 30.5 Å². The van der Waals surface area contributed by atoms with Crippen molar-refractivity contribution < 1.29 is 24.2 Å².